The Kier molecular flexibility index (Phi) is 4.81. The van der Waals surface area contributed by atoms with Gasteiger partial charge in [-0.15, -0.1) is 0 Å². The van der Waals surface area contributed by atoms with Crippen LogP contribution >= 0.6 is 0 Å². The molecule has 124 valence electrons. The van der Waals surface area contributed by atoms with E-state index in [0.717, 1.165) is 34.9 Å². The number of hydrogen-bond donors (Lipinski definition) is 1. The van der Waals surface area contributed by atoms with Crippen molar-refractivity contribution in [2.24, 2.45) is 5.73 Å². The molecule has 0 bridgehead atoms. The maximum Gasteiger partial charge on any atom is 0.222 e. The maximum absolute atomic E-state index is 6.41. The van der Waals surface area contributed by atoms with Crippen LogP contribution < -0.4 is 10.5 Å². The van der Waals surface area contributed by atoms with E-state index in [2.05, 4.69) is 38.1 Å². The predicted molar refractivity (Wildman–Crippen MR) is 100 cm³/mol. The zero-order valence-electron chi connectivity index (χ0n) is 14.3. The lowest BCUT2D eigenvalue weighted by Crippen LogP contribution is -2.42. The largest absolute Gasteiger partial charge is 0.469 e. The van der Waals surface area contributed by atoms with E-state index in [4.69, 9.17) is 15.5 Å². The van der Waals surface area contributed by atoms with Gasteiger partial charge >= 0.3 is 0 Å². The van der Waals surface area contributed by atoms with Crippen LogP contribution in [0.25, 0.3) is 22.0 Å². The van der Waals surface area contributed by atoms with Crippen LogP contribution in [0.15, 0.2) is 60.7 Å². The number of aromatic nitrogens is 1. The number of hydrogen-bond acceptors (Lipinski definition) is 3. The lowest BCUT2D eigenvalue weighted by atomic mass is 9.97. The fourth-order valence-electron chi connectivity index (χ4n) is 2.93. The smallest absolute Gasteiger partial charge is 0.222 e. The first-order valence-corrected chi connectivity index (χ1v) is 8.55. The molecule has 0 saturated heterocycles. The standard InChI is InChI=1S/C21H24N2O/c1-3-21(4-2,15-22)24-20-18(16-10-6-5-7-11-16)14-17-12-8-9-13-19(17)23-20/h5-14H,3-4,15,22H2,1-2H3. The topological polar surface area (TPSA) is 48.1 Å². The molecule has 2 N–H and O–H groups in total. The molecule has 3 heteroatoms. The van der Waals surface area contributed by atoms with Crippen molar-refractivity contribution in [2.75, 3.05) is 6.54 Å². The van der Waals surface area contributed by atoms with Gasteiger partial charge < -0.3 is 10.5 Å². The summed E-state index contributed by atoms with van der Waals surface area (Å²) in [5, 5.41) is 1.11. The minimum Gasteiger partial charge on any atom is -0.469 e. The average Bonchev–Trinajstić information content (AvgIpc) is 2.66. The highest BCUT2D eigenvalue weighted by Gasteiger charge is 2.28. The SMILES string of the molecule is CCC(CC)(CN)Oc1nc2ccccc2cc1-c1ccccc1. The first-order valence-electron chi connectivity index (χ1n) is 8.55. The minimum atomic E-state index is -0.376. The summed E-state index contributed by atoms with van der Waals surface area (Å²) in [5.41, 5.74) is 8.69. The van der Waals surface area contributed by atoms with E-state index in [1.165, 1.54) is 0 Å². The van der Waals surface area contributed by atoms with Gasteiger partial charge in [-0.05, 0) is 30.5 Å². The van der Waals surface area contributed by atoms with E-state index < -0.39 is 0 Å². The van der Waals surface area contributed by atoms with Crippen LogP contribution in [-0.4, -0.2) is 17.1 Å². The average molecular weight is 320 g/mol. The molecule has 0 fully saturated rings. The van der Waals surface area contributed by atoms with Gasteiger partial charge in [0.15, 0.2) is 0 Å². The molecule has 2 aromatic carbocycles. The molecule has 0 aliphatic heterocycles. The zero-order chi connectivity index (χ0) is 17.0. The van der Waals surface area contributed by atoms with Crippen LogP contribution in [0.4, 0.5) is 0 Å². The number of para-hydroxylation sites is 1. The summed E-state index contributed by atoms with van der Waals surface area (Å²) < 4.78 is 6.41. The van der Waals surface area contributed by atoms with Crippen LogP contribution in [0.3, 0.4) is 0 Å². The summed E-state index contributed by atoms with van der Waals surface area (Å²) in [6, 6.07) is 20.5. The summed E-state index contributed by atoms with van der Waals surface area (Å²) in [6.45, 7) is 4.70. The van der Waals surface area contributed by atoms with Gasteiger partial charge in [-0.1, -0.05) is 62.4 Å². The monoisotopic (exact) mass is 320 g/mol. The fraction of sp³-hybridized carbons (Fsp3) is 0.286. The summed E-state index contributed by atoms with van der Waals surface area (Å²) in [4.78, 5) is 4.80. The maximum atomic E-state index is 6.41. The molecule has 0 radical (unpaired) electrons. The van der Waals surface area contributed by atoms with E-state index in [0.29, 0.717) is 12.4 Å². The molecular formula is C21H24N2O. The molecule has 0 aliphatic carbocycles. The van der Waals surface area contributed by atoms with Crippen molar-refractivity contribution >= 4 is 10.9 Å². The lowest BCUT2D eigenvalue weighted by molar-refractivity contribution is 0.0650. The molecule has 0 unspecified atom stereocenters. The van der Waals surface area contributed by atoms with Gasteiger partial charge in [0.1, 0.15) is 5.60 Å². The number of nitrogens with zero attached hydrogens (tertiary/aromatic N) is 1. The molecule has 0 aliphatic rings. The second-order valence-electron chi connectivity index (χ2n) is 6.10. The third-order valence-corrected chi connectivity index (χ3v) is 4.75. The Labute approximate surface area is 143 Å². The Morgan fingerprint density at radius 3 is 2.29 bits per heavy atom. The number of ether oxygens (including phenoxy) is 1. The molecule has 3 aromatic rings. The quantitative estimate of drug-likeness (QED) is 0.710. The Bertz CT molecular complexity index is 802. The molecule has 1 aromatic heterocycles. The number of benzene rings is 2. The first-order chi connectivity index (χ1) is 11.7. The summed E-state index contributed by atoms with van der Waals surface area (Å²) >= 11 is 0. The van der Waals surface area contributed by atoms with Crippen LogP contribution in [0.1, 0.15) is 26.7 Å². The lowest BCUT2D eigenvalue weighted by Gasteiger charge is -2.31. The molecule has 0 atom stereocenters. The van der Waals surface area contributed by atoms with Crippen LogP contribution in [0.2, 0.25) is 0 Å². The van der Waals surface area contributed by atoms with Crippen molar-refractivity contribution in [3.05, 3.63) is 60.7 Å². The van der Waals surface area contributed by atoms with Crippen molar-refractivity contribution in [1.82, 2.24) is 4.98 Å². The number of rotatable bonds is 6. The van der Waals surface area contributed by atoms with Crippen LogP contribution in [0, 0.1) is 0 Å². The number of nitrogens with two attached hydrogens (primary N) is 1. The Morgan fingerprint density at radius 1 is 0.958 bits per heavy atom. The highest BCUT2D eigenvalue weighted by atomic mass is 16.5. The van der Waals surface area contributed by atoms with E-state index in [1.54, 1.807) is 0 Å². The van der Waals surface area contributed by atoms with Crippen molar-refractivity contribution in [3.8, 4) is 17.0 Å². The summed E-state index contributed by atoms with van der Waals surface area (Å²) in [5.74, 6) is 0.661. The molecule has 3 rings (SSSR count). The fourth-order valence-corrected chi connectivity index (χ4v) is 2.93. The van der Waals surface area contributed by atoms with Crippen LogP contribution in [0.5, 0.6) is 5.88 Å². The minimum absolute atomic E-state index is 0.376. The Balaban J connectivity index is 2.17. The molecule has 24 heavy (non-hydrogen) atoms. The normalized spacial score (nSPS) is 11.6. The van der Waals surface area contributed by atoms with Gasteiger partial charge in [-0.25, -0.2) is 4.98 Å². The number of pyridine rings is 1. The second-order valence-corrected chi connectivity index (χ2v) is 6.10. The summed E-state index contributed by atoms with van der Waals surface area (Å²) in [6.07, 6.45) is 1.70. The highest BCUT2D eigenvalue weighted by Crippen LogP contribution is 2.34. The third-order valence-electron chi connectivity index (χ3n) is 4.75. The van der Waals surface area contributed by atoms with Crippen molar-refractivity contribution < 1.29 is 4.74 Å². The zero-order valence-corrected chi connectivity index (χ0v) is 14.3. The van der Waals surface area contributed by atoms with Crippen molar-refractivity contribution in [2.45, 2.75) is 32.3 Å². The molecule has 0 saturated carbocycles. The van der Waals surface area contributed by atoms with Crippen molar-refractivity contribution in [3.63, 3.8) is 0 Å². The molecule has 1 heterocycles. The molecule has 3 nitrogen and oxygen atoms in total. The van der Waals surface area contributed by atoms with Crippen molar-refractivity contribution in [1.29, 1.82) is 0 Å². The second kappa shape index (κ2) is 7.02. The van der Waals surface area contributed by atoms with Gasteiger partial charge in [0.25, 0.3) is 0 Å². The van der Waals surface area contributed by atoms with E-state index in [1.807, 2.05) is 36.4 Å². The van der Waals surface area contributed by atoms with Gasteiger partial charge in [-0.2, -0.15) is 0 Å². The van der Waals surface area contributed by atoms with E-state index in [-0.39, 0.29) is 5.60 Å². The van der Waals surface area contributed by atoms with Crippen LogP contribution in [-0.2, 0) is 0 Å². The third kappa shape index (κ3) is 3.13. The van der Waals surface area contributed by atoms with Gasteiger partial charge in [-0.3, -0.25) is 0 Å². The highest BCUT2D eigenvalue weighted by molar-refractivity contribution is 5.86. The van der Waals surface area contributed by atoms with Gasteiger partial charge in [0, 0.05) is 17.5 Å². The summed E-state index contributed by atoms with van der Waals surface area (Å²) in [7, 11) is 0. The Morgan fingerprint density at radius 2 is 1.62 bits per heavy atom. The Hall–Kier alpha value is -2.39. The van der Waals surface area contributed by atoms with Gasteiger partial charge in [0.05, 0.1) is 5.52 Å². The first kappa shape index (κ1) is 16.5. The number of fused-ring (bicyclic) bond motifs is 1. The van der Waals surface area contributed by atoms with E-state index >= 15 is 0 Å². The van der Waals surface area contributed by atoms with Gasteiger partial charge in [0.2, 0.25) is 5.88 Å². The molecule has 0 spiro atoms. The molecular weight excluding hydrogens is 296 g/mol. The van der Waals surface area contributed by atoms with E-state index in [9.17, 15) is 0 Å². The molecule has 0 amide bonds. The predicted octanol–water partition coefficient (Wildman–Crippen LogP) is 4.80.